The van der Waals surface area contributed by atoms with E-state index in [1.165, 1.54) is 11.3 Å². The van der Waals surface area contributed by atoms with Crippen LogP contribution in [0.15, 0.2) is 35.8 Å². The molecule has 0 aliphatic carbocycles. The van der Waals surface area contributed by atoms with Crippen molar-refractivity contribution in [2.45, 2.75) is 5.92 Å². The van der Waals surface area contributed by atoms with Gasteiger partial charge in [-0.3, -0.25) is 4.79 Å². The minimum Gasteiger partial charge on any atom is -0.496 e. The summed E-state index contributed by atoms with van der Waals surface area (Å²) in [7, 11) is 1.57. The first kappa shape index (κ1) is 11.6. The first-order valence-electron chi connectivity index (χ1n) is 5.05. The molecule has 2 aromatic rings. The number of amides is 1. The van der Waals surface area contributed by atoms with Crippen LogP contribution in [-0.4, -0.2) is 18.0 Å². The second-order valence-corrected chi connectivity index (χ2v) is 4.37. The number of carbonyl (C=O) groups is 1. The number of primary amides is 1. The molecule has 1 unspecified atom stereocenters. The molecule has 0 saturated carbocycles. The molecule has 2 rings (SSSR count). The van der Waals surface area contributed by atoms with Crippen molar-refractivity contribution in [2.24, 2.45) is 5.73 Å². The lowest BCUT2D eigenvalue weighted by Crippen LogP contribution is -2.22. The minimum atomic E-state index is -0.550. The Morgan fingerprint density at radius 3 is 2.82 bits per heavy atom. The van der Waals surface area contributed by atoms with Gasteiger partial charge in [-0.15, -0.1) is 11.3 Å². The van der Waals surface area contributed by atoms with Gasteiger partial charge in [0.25, 0.3) is 0 Å². The molecular formula is C12H12N2O2S. The lowest BCUT2D eigenvalue weighted by atomic mass is 9.98. The summed E-state index contributed by atoms with van der Waals surface area (Å²) in [5.74, 6) is -0.331. The predicted molar refractivity (Wildman–Crippen MR) is 66.1 cm³/mol. The molecule has 5 heteroatoms. The summed E-state index contributed by atoms with van der Waals surface area (Å²) < 4.78 is 5.24. The Morgan fingerprint density at radius 2 is 2.24 bits per heavy atom. The van der Waals surface area contributed by atoms with E-state index in [1.54, 1.807) is 19.4 Å². The summed E-state index contributed by atoms with van der Waals surface area (Å²) >= 11 is 1.41. The van der Waals surface area contributed by atoms with Crippen LogP contribution in [0.25, 0.3) is 0 Å². The maximum Gasteiger partial charge on any atom is 0.232 e. The van der Waals surface area contributed by atoms with Gasteiger partial charge < -0.3 is 10.5 Å². The number of hydrogen-bond donors (Lipinski definition) is 1. The number of nitrogens with zero attached hydrogens (tertiary/aromatic N) is 1. The summed E-state index contributed by atoms with van der Waals surface area (Å²) in [6.45, 7) is 0. The molecule has 2 N–H and O–H groups in total. The maximum absolute atomic E-state index is 11.6. The Labute approximate surface area is 103 Å². The van der Waals surface area contributed by atoms with Crippen molar-refractivity contribution < 1.29 is 9.53 Å². The van der Waals surface area contributed by atoms with Crippen LogP contribution in [-0.2, 0) is 4.79 Å². The summed E-state index contributed by atoms with van der Waals surface area (Å²) in [6.07, 6.45) is 1.66. The number of para-hydroxylation sites is 1. The molecule has 0 spiro atoms. The van der Waals surface area contributed by atoms with Crippen molar-refractivity contribution in [3.8, 4) is 5.75 Å². The second-order valence-electron chi connectivity index (χ2n) is 3.45. The smallest absolute Gasteiger partial charge is 0.232 e. The minimum absolute atomic E-state index is 0.426. The van der Waals surface area contributed by atoms with Gasteiger partial charge in [-0.25, -0.2) is 4.98 Å². The van der Waals surface area contributed by atoms with Gasteiger partial charge in [0.1, 0.15) is 16.7 Å². The van der Waals surface area contributed by atoms with Crippen LogP contribution in [0, 0.1) is 0 Å². The second kappa shape index (κ2) is 4.97. The standard InChI is InChI=1S/C12H12N2O2S/c1-16-9-5-3-2-4-8(9)10(11(13)15)12-14-6-7-17-12/h2-7,10H,1H3,(H2,13,15). The largest absolute Gasteiger partial charge is 0.496 e. The van der Waals surface area contributed by atoms with Crippen molar-refractivity contribution in [2.75, 3.05) is 7.11 Å². The molecule has 0 aliphatic rings. The quantitative estimate of drug-likeness (QED) is 0.896. The van der Waals surface area contributed by atoms with Crippen molar-refractivity contribution >= 4 is 17.2 Å². The fraction of sp³-hybridized carbons (Fsp3) is 0.167. The summed E-state index contributed by atoms with van der Waals surface area (Å²) in [4.78, 5) is 15.8. The third-order valence-corrected chi connectivity index (χ3v) is 3.27. The van der Waals surface area contributed by atoms with Gasteiger partial charge in [0, 0.05) is 17.1 Å². The molecule has 4 nitrogen and oxygen atoms in total. The van der Waals surface area contributed by atoms with Crippen LogP contribution in [0.4, 0.5) is 0 Å². The average molecular weight is 248 g/mol. The molecule has 17 heavy (non-hydrogen) atoms. The third-order valence-electron chi connectivity index (χ3n) is 2.43. The maximum atomic E-state index is 11.6. The van der Waals surface area contributed by atoms with Crippen molar-refractivity contribution in [1.29, 1.82) is 0 Å². The van der Waals surface area contributed by atoms with E-state index in [4.69, 9.17) is 10.5 Å². The molecule has 1 aromatic heterocycles. The third kappa shape index (κ3) is 2.29. The lowest BCUT2D eigenvalue weighted by Gasteiger charge is -2.14. The Bertz CT molecular complexity index is 511. The first-order chi connectivity index (χ1) is 8.24. The van der Waals surface area contributed by atoms with E-state index in [-0.39, 0.29) is 0 Å². The number of thiazole rings is 1. The van der Waals surface area contributed by atoms with Crippen molar-refractivity contribution in [3.05, 3.63) is 46.4 Å². The fourth-order valence-corrected chi connectivity index (χ4v) is 2.45. The number of aromatic nitrogens is 1. The van der Waals surface area contributed by atoms with E-state index >= 15 is 0 Å². The molecule has 0 aliphatic heterocycles. The highest BCUT2D eigenvalue weighted by Gasteiger charge is 2.25. The Kier molecular flexibility index (Phi) is 3.39. The number of ether oxygens (including phenoxy) is 1. The lowest BCUT2D eigenvalue weighted by molar-refractivity contribution is -0.118. The van der Waals surface area contributed by atoms with Crippen molar-refractivity contribution in [1.82, 2.24) is 4.98 Å². The van der Waals surface area contributed by atoms with Gasteiger partial charge in [-0.1, -0.05) is 18.2 Å². The molecular weight excluding hydrogens is 236 g/mol. The van der Waals surface area contributed by atoms with Crippen LogP contribution in [0.2, 0.25) is 0 Å². The zero-order valence-electron chi connectivity index (χ0n) is 9.29. The molecule has 0 bridgehead atoms. The van der Waals surface area contributed by atoms with Gasteiger partial charge in [0.15, 0.2) is 0 Å². The van der Waals surface area contributed by atoms with Crippen LogP contribution in [0.5, 0.6) is 5.75 Å². The van der Waals surface area contributed by atoms with Crippen LogP contribution >= 0.6 is 11.3 Å². The number of nitrogens with two attached hydrogens (primary N) is 1. The highest BCUT2D eigenvalue weighted by Crippen LogP contribution is 2.32. The zero-order chi connectivity index (χ0) is 12.3. The number of benzene rings is 1. The Balaban J connectivity index is 2.50. The summed E-state index contributed by atoms with van der Waals surface area (Å²) in [6, 6.07) is 7.33. The van der Waals surface area contributed by atoms with Crippen LogP contribution in [0.1, 0.15) is 16.5 Å². The predicted octanol–water partition coefficient (Wildman–Crippen LogP) is 1.77. The average Bonchev–Trinajstić information content (AvgIpc) is 2.83. The van der Waals surface area contributed by atoms with E-state index in [0.29, 0.717) is 10.8 Å². The van der Waals surface area contributed by atoms with Gasteiger partial charge in [-0.05, 0) is 6.07 Å². The normalized spacial score (nSPS) is 12.1. The Morgan fingerprint density at radius 1 is 1.47 bits per heavy atom. The molecule has 0 radical (unpaired) electrons. The molecule has 1 atom stereocenters. The van der Waals surface area contributed by atoms with Crippen molar-refractivity contribution in [3.63, 3.8) is 0 Å². The van der Waals surface area contributed by atoms with E-state index in [9.17, 15) is 4.79 Å². The SMILES string of the molecule is COc1ccccc1C(C(N)=O)c1nccs1. The Hall–Kier alpha value is -1.88. The first-order valence-corrected chi connectivity index (χ1v) is 5.93. The number of rotatable bonds is 4. The molecule has 1 aromatic carbocycles. The summed E-state index contributed by atoms with van der Waals surface area (Å²) in [5.41, 5.74) is 6.20. The summed E-state index contributed by atoms with van der Waals surface area (Å²) in [5, 5.41) is 2.50. The van der Waals surface area contributed by atoms with E-state index in [1.807, 2.05) is 23.6 Å². The van der Waals surface area contributed by atoms with E-state index in [0.717, 1.165) is 5.56 Å². The highest BCUT2D eigenvalue weighted by atomic mass is 32.1. The van der Waals surface area contributed by atoms with Gasteiger partial charge in [0.05, 0.1) is 7.11 Å². The fourth-order valence-electron chi connectivity index (χ4n) is 1.69. The molecule has 1 amide bonds. The molecule has 1 heterocycles. The molecule has 88 valence electrons. The number of methoxy groups -OCH3 is 1. The topological polar surface area (TPSA) is 65.2 Å². The van der Waals surface area contributed by atoms with Crippen LogP contribution < -0.4 is 10.5 Å². The highest BCUT2D eigenvalue weighted by molar-refractivity contribution is 7.09. The molecule has 0 fully saturated rings. The van der Waals surface area contributed by atoms with Crippen LogP contribution in [0.3, 0.4) is 0 Å². The number of carbonyl (C=O) groups excluding carboxylic acids is 1. The monoisotopic (exact) mass is 248 g/mol. The number of hydrogen-bond acceptors (Lipinski definition) is 4. The van der Waals surface area contributed by atoms with E-state index in [2.05, 4.69) is 4.98 Å². The van der Waals surface area contributed by atoms with Gasteiger partial charge in [-0.2, -0.15) is 0 Å². The van der Waals surface area contributed by atoms with E-state index < -0.39 is 11.8 Å². The van der Waals surface area contributed by atoms with Gasteiger partial charge >= 0.3 is 0 Å². The van der Waals surface area contributed by atoms with Gasteiger partial charge in [0.2, 0.25) is 5.91 Å². The molecule has 0 saturated heterocycles. The zero-order valence-corrected chi connectivity index (χ0v) is 10.1.